The fraction of sp³-hybridized carbons (Fsp3) is 0.241. The van der Waals surface area contributed by atoms with Crippen LogP contribution in [-0.4, -0.2) is 33.1 Å². The van der Waals surface area contributed by atoms with E-state index in [1.54, 1.807) is 36.4 Å². The van der Waals surface area contributed by atoms with Crippen molar-refractivity contribution in [3.8, 4) is 11.3 Å². The van der Waals surface area contributed by atoms with Crippen LogP contribution in [0.3, 0.4) is 0 Å². The van der Waals surface area contributed by atoms with Crippen LogP contribution >= 0.6 is 11.6 Å². The minimum atomic E-state index is -4.69. The molecule has 2 unspecified atom stereocenters. The molecule has 39 heavy (non-hydrogen) atoms. The molecule has 4 aromatic rings. The molecule has 1 amide bonds. The molecule has 0 aliphatic rings. The Morgan fingerprint density at radius 1 is 0.974 bits per heavy atom. The molecular formula is C29H25ClF3N3O3. The summed E-state index contributed by atoms with van der Waals surface area (Å²) in [7, 11) is 0. The molecule has 10 heteroatoms. The Balaban J connectivity index is 1.68. The van der Waals surface area contributed by atoms with Crippen LogP contribution in [0, 0.1) is 5.92 Å². The average molecular weight is 556 g/mol. The summed E-state index contributed by atoms with van der Waals surface area (Å²) in [5.74, 6) is -1.91. The van der Waals surface area contributed by atoms with Crippen molar-refractivity contribution < 1.29 is 27.9 Å². The standard InChI is InChI=1S/C29H25ClF3N3O3/c1-17(15-25(37)38)7-13-23-26(18-8-11-21(30)12-9-18)35-22-14-10-20(16-24(22)34-23)28(39)36-27(29(31,32)33)19-5-3-2-4-6-19/h2-6,8-12,14,16-17,27H,7,13,15H2,1H3,(H,36,39)(H,37,38). The van der Waals surface area contributed by atoms with E-state index in [0.717, 1.165) is 5.56 Å². The highest BCUT2D eigenvalue weighted by Crippen LogP contribution is 2.33. The Morgan fingerprint density at radius 2 is 1.67 bits per heavy atom. The van der Waals surface area contributed by atoms with Crippen molar-refractivity contribution in [2.75, 3.05) is 0 Å². The number of rotatable bonds is 9. The highest BCUT2D eigenvalue weighted by Gasteiger charge is 2.42. The fourth-order valence-electron chi connectivity index (χ4n) is 4.24. The number of nitrogens with zero attached hydrogens (tertiary/aromatic N) is 2. The Kier molecular flexibility index (Phi) is 8.50. The number of amides is 1. The number of carboxylic acid groups (broad SMARTS) is 1. The van der Waals surface area contributed by atoms with Gasteiger partial charge in [0.25, 0.3) is 5.91 Å². The summed E-state index contributed by atoms with van der Waals surface area (Å²) in [5.41, 5.74) is 2.64. The highest BCUT2D eigenvalue weighted by molar-refractivity contribution is 6.30. The number of carboxylic acids is 1. The molecule has 2 atom stereocenters. The van der Waals surface area contributed by atoms with E-state index in [1.807, 2.05) is 6.92 Å². The number of nitrogens with one attached hydrogen (secondary N) is 1. The lowest BCUT2D eigenvalue weighted by Gasteiger charge is -2.22. The molecule has 4 rings (SSSR count). The zero-order valence-electron chi connectivity index (χ0n) is 20.9. The molecule has 1 aromatic heterocycles. The molecule has 6 nitrogen and oxygen atoms in total. The van der Waals surface area contributed by atoms with Gasteiger partial charge in [-0.1, -0.05) is 61.0 Å². The van der Waals surface area contributed by atoms with Crippen LogP contribution in [0.5, 0.6) is 0 Å². The monoisotopic (exact) mass is 555 g/mol. The van der Waals surface area contributed by atoms with Crippen molar-refractivity contribution in [2.45, 2.75) is 38.4 Å². The minimum absolute atomic E-state index is 0.00337. The topological polar surface area (TPSA) is 92.2 Å². The van der Waals surface area contributed by atoms with Gasteiger partial charge in [-0.25, -0.2) is 9.97 Å². The summed E-state index contributed by atoms with van der Waals surface area (Å²) >= 11 is 6.04. The van der Waals surface area contributed by atoms with Gasteiger partial charge in [-0.15, -0.1) is 0 Å². The van der Waals surface area contributed by atoms with Crippen LogP contribution in [0.1, 0.15) is 47.4 Å². The average Bonchev–Trinajstić information content (AvgIpc) is 2.89. The van der Waals surface area contributed by atoms with Crippen LogP contribution in [-0.2, 0) is 11.2 Å². The van der Waals surface area contributed by atoms with E-state index in [-0.39, 0.29) is 23.5 Å². The first-order chi connectivity index (χ1) is 18.5. The number of aromatic nitrogens is 2. The van der Waals surface area contributed by atoms with Crippen molar-refractivity contribution in [3.63, 3.8) is 0 Å². The quantitative estimate of drug-likeness (QED) is 0.231. The first kappa shape index (κ1) is 28.0. The lowest BCUT2D eigenvalue weighted by molar-refractivity contribution is -0.155. The number of aryl methyl sites for hydroxylation is 1. The van der Waals surface area contributed by atoms with E-state index in [2.05, 4.69) is 5.32 Å². The predicted molar refractivity (Wildman–Crippen MR) is 142 cm³/mol. The molecule has 0 aliphatic heterocycles. The molecule has 0 aliphatic carbocycles. The van der Waals surface area contributed by atoms with Gasteiger partial charge in [0.2, 0.25) is 0 Å². The summed E-state index contributed by atoms with van der Waals surface area (Å²) in [4.78, 5) is 33.4. The van der Waals surface area contributed by atoms with Crippen molar-refractivity contribution in [2.24, 2.45) is 5.92 Å². The predicted octanol–water partition coefficient (Wildman–Crippen LogP) is 7.03. The smallest absolute Gasteiger partial charge is 0.412 e. The molecule has 0 fully saturated rings. The van der Waals surface area contributed by atoms with E-state index < -0.39 is 24.1 Å². The van der Waals surface area contributed by atoms with Crippen molar-refractivity contribution in [1.29, 1.82) is 0 Å². The molecule has 2 N–H and O–H groups in total. The second kappa shape index (κ2) is 11.8. The van der Waals surface area contributed by atoms with E-state index in [0.29, 0.717) is 40.3 Å². The van der Waals surface area contributed by atoms with Crippen molar-refractivity contribution in [3.05, 3.63) is 94.6 Å². The third-order valence-corrected chi connectivity index (χ3v) is 6.50. The first-order valence-electron chi connectivity index (χ1n) is 12.2. The molecule has 0 bridgehead atoms. The molecule has 1 heterocycles. The summed E-state index contributed by atoms with van der Waals surface area (Å²) in [6.07, 6.45) is -3.75. The van der Waals surface area contributed by atoms with E-state index in [9.17, 15) is 22.8 Å². The van der Waals surface area contributed by atoms with Gasteiger partial charge < -0.3 is 10.4 Å². The second-order valence-electron chi connectivity index (χ2n) is 9.33. The van der Waals surface area contributed by atoms with E-state index in [1.165, 1.54) is 36.4 Å². The molecule has 202 valence electrons. The fourth-order valence-corrected chi connectivity index (χ4v) is 4.37. The maximum atomic E-state index is 13.8. The van der Waals surface area contributed by atoms with Crippen molar-refractivity contribution >= 4 is 34.5 Å². The van der Waals surface area contributed by atoms with Gasteiger partial charge in [0.15, 0.2) is 6.04 Å². The summed E-state index contributed by atoms with van der Waals surface area (Å²) in [5, 5.41) is 11.7. The molecule has 0 radical (unpaired) electrons. The number of hydrogen-bond acceptors (Lipinski definition) is 4. The van der Waals surface area contributed by atoms with E-state index in [4.69, 9.17) is 26.7 Å². The Hall–Kier alpha value is -3.98. The van der Waals surface area contributed by atoms with Crippen LogP contribution in [0.2, 0.25) is 5.02 Å². The second-order valence-corrected chi connectivity index (χ2v) is 9.77. The number of alkyl halides is 3. The van der Waals surface area contributed by atoms with Crippen LogP contribution in [0.15, 0.2) is 72.8 Å². The number of carbonyl (C=O) groups is 2. The summed E-state index contributed by atoms with van der Waals surface area (Å²) < 4.78 is 41.3. The van der Waals surface area contributed by atoms with Gasteiger partial charge in [0.1, 0.15) is 0 Å². The molecule has 0 spiro atoms. The summed E-state index contributed by atoms with van der Waals surface area (Å²) in [6.45, 7) is 1.83. The van der Waals surface area contributed by atoms with Gasteiger partial charge in [-0.3, -0.25) is 9.59 Å². The number of fused-ring (bicyclic) bond motifs is 1. The first-order valence-corrected chi connectivity index (χ1v) is 12.6. The van der Waals surface area contributed by atoms with Gasteiger partial charge in [0, 0.05) is 22.6 Å². The van der Waals surface area contributed by atoms with Crippen LogP contribution in [0.4, 0.5) is 13.2 Å². The maximum Gasteiger partial charge on any atom is 0.412 e. The number of halogens is 4. The zero-order valence-corrected chi connectivity index (χ0v) is 21.6. The molecule has 3 aromatic carbocycles. The van der Waals surface area contributed by atoms with Gasteiger partial charge in [0.05, 0.1) is 22.4 Å². The highest BCUT2D eigenvalue weighted by atomic mass is 35.5. The SMILES string of the molecule is CC(CCc1nc2cc(C(=O)NC(c3ccccc3)C(F)(F)F)ccc2nc1-c1ccc(Cl)cc1)CC(=O)O. The molecule has 0 saturated heterocycles. The Labute approximate surface area is 227 Å². The van der Waals surface area contributed by atoms with Gasteiger partial charge in [-0.05, 0) is 54.7 Å². The maximum absolute atomic E-state index is 13.8. The number of aliphatic carboxylic acids is 1. The third kappa shape index (κ3) is 7.11. The summed E-state index contributed by atoms with van der Waals surface area (Å²) in [6, 6.07) is 16.4. The van der Waals surface area contributed by atoms with Crippen LogP contribution < -0.4 is 5.32 Å². The Bertz CT molecular complexity index is 1480. The minimum Gasteiger partial charge on any atom is -0.481 e. The van der Waals surface area contributed by atoms with Crippen LogP contribution in [0.25, 0.3) is 22.3 Å². The third-order valence-electron chi connectivity index (χ3n) is 6.25. The molecule has 0 saturated carbocycles. The normalized spacial score (nSPS) is 13.2. The Morgan fingerprint density at radius 3 is 2.31 bits per heavy atom. The number of carbonyl (C=O) groups excluding carboxylic acids is 1. The van der Waals surface area contributed by atoms with Gasteiger partial charge >= 0.3 is 12.1 Å². The number of hydrogen-bond donors (Lipinski definition) is 2. The van der Waals surface area contributed by atoms with E-state index >= 15 is 0 Å². The number of benzene rings is 3. The van der Waals surface area contributed by atoms with Gasteiger partial charge in [-0.2, -0.15) is 13.2 Å². The lowest BCUT2D eigenvalue weighted by Crippen LogP contribution is -2.38. The molecular weight excluding hydrogens is 531 g/mol. The zero-order chi connectivity index (χ0) is 28.2. The lowest BCUT2D eigenvalue weighted by atomic mass is 9.98. The largest absolute Gasteiger partial charge is 0.481 e. The van der Waals surface area contributed by atoms with Crippen molar-refractivity contribution in [1.82, 2.24) is 15.3 Å².